The lowest BCUT2D eigenvalue weighted by molar-refractivity contribution is 0.0951. The first-order valence-corrected chi connectivity index (χ1v) is 8.59. The summed E-state index contributed by atoms with van der Waals surface area (Å²) in [6.45, 7) is 1.46. The average molecular weight is 334 g/mol. The summed E-state index contributed by atoms with van der Waals surface area (Å²) in [7, 11) is 0. The minimum absolute atomic E-state index is 0.0732. The van der Waals surface area contributed by atoms with Crippen molar-refractivity contribution in [3.63, 3.8) is 0 Å². The van der Waals surface area contributed by atoms with E-state index < -0.39 is 0 Å². The van der Waals surface area contributed by atoms with E-state index in [4.69, 9.17) is 0 Å². The van der Waals surface area contributed by atoms with E-state index in [-0.39, 0.29) is 23.6 Å². The van der Waals surface area contributed by atoms with Crippen LogP contribution in [0.4, 0.5) is 5.00 Å². The Morgan fingerprint density at radius 3 is 2.59 bits per heavy atom. The number of thiophene rings is 2. The third kappa shape index (κ3) is 3.26. The van der Waals surface area contributed by atoms with Crippen LogP contribution < -0.4 is 10.6 Å². The Balaban J connectivity index is 1.72. The van der Waals surface area contributed by atoms with E-state index in [0.29, 0.717) is 21.0 Å². The fraction of sp³-hybridized carbons (Fsp3) is 0.267. The second-order valence-corrected chi connectivity index (χ2v) is 6.95. The van der Waals surface area contributed by atoms with Gasteiger partial charge in [-0.25, -0.2) is 0 Å². The van der Waals surface area contributed by atoms with Crippen molar-refractivity contribution in [2.75, 3.05) is 5.32 Å². The minimum atomic E-state index is -0.305. The van der Waals surface area contributed by atoms with Crippen molar-refractivity contribution in [1.82, 2.24) is 5.32 Å². The van der Waals surface area contributed by atoms with Crippen LogP contribution in [0.3, 0.4) is 0 Å². The van der Waals surface area contributed by atoms with Gasteiger partial charge in [0.15, 0.2) is 5.78 Å². The van der Waals surface area contributed by atoms with Gasteiger partial charge in [-0.3, -0.25) is 14.4 Å². The van der Waals surface area contributed by atoms with Crippen molar-refractivity contribution < 1.29 is 14.4 Å². The van der Waals surface area contributed by atoms with Crippen LogP contribution in [0.1, 0.15) is 50.2 Å². The average Bonchev–Trinajstić information content (AvgIpc) is 2.99. The lowest BCUT2D eigenvalue weighted by atomic mass is 10.2. The maximum absolute atomic E-state index is 12.2. The van der Waals surface area contributed by atoms with Crippen molar-refractivity contribution in [3.8, 4) is 0 Å². The van der Waals surface area contributed by atoms with Crippen molar-refractivity contribution in [1.29, 1.82) is 0 Å². The fourth-order valence-electron chi connectivity index (χ4n) is 1.88. The zero-order chi connectivity index (χ0) is 15.7. The maximum Gasteiger partial charge on any atom is 0.266 e. The molecule has 2 amide bonds. The number of hydrogen-bond donors (Lipinski definition) is 2. The minimum Gasteiger partial charge on any atom is -0.349 e. The molecule has 0 bridgehead atoms. The van der Waals surface area contributed by atoms with Crippen LogP contribution in [0.25, 0.3) is 0 Å². The smallest absolute Gasteiger partial charge is 0.266 e. The van der Waals surface area contributed by atoms with Gasteiger partial charge in [-0.05, 0) is 37.3 Å². The van der Waals surface area contributed by atoms with Gasteiger partial charge in [0.05, 0.1) is 10.4 Å². The molecule has 22 heavy (non-hydrogen) atoms. The molecule has 0 saturated heterocycles. The van der Waals surface area contributed by atoms with E-state index in [1.165, 1.54) is 29.6 Å². The molecule has 0 atom stereocenters. The Morgan fingerprint density at radius 2 is 1.95 bits per heavy atom. The van der Waals surface area contributed by atoms with Crippen molar-refractivity contribution in [3.05, 3.63) is 38.9 Å². The van der Waals surface area contributed by atoms with Gasteiger partial charge >= 0.3 is 0 Å². The molecule has 1 saturated carbocycles. The summed E-state index contributed by atoms with van der Waals surface area (Å²) in [5.41, 5.74) is 1.00. The number of Topliss-reactive ketones (excluding diaryl/α,β-unsaturated/α-hetero) is 1. The van der Waals surface area contributed by atoms with Crippen LogP contribution in [0.5, 0.6) is 0 Å². The Labute approximate surface area is 135 Å². The van der Waals surface area contributed by atoms with E-state index in [9.17, 15) is 14.4 Å². The molecule has 0 unspecified atom stereocenters. The monoisotopic (exact) mass is 334 g/mol. The predicted molar refractivity (Wildman–Crippen MR) is 87.1 cm³/mol. The highest BCUT2D eigenvalue weighted by Gasteiger charge is 2.25. The molecule has 114 valence electrons. The topological polar surface area (TPSA) is 75.3 Å². The van der Waals surface area contributed by atoms with Gasteiger partial charge in [-0.2, -0.15) is 0 Å². The van der Waals surface area contributed by atoms with Crippen LogP contribution in [0.2, 0.25) is 0 Å². The van der Waals surface area contributed by atoms with Crippen LogP contribution >= 0.6 is 22.7 Å². The van der Waals surface area contributed by atoms with Crippen LogP contribution in [-0.4, -0.2) is 23.6 Å². The zero-order valence-corrected chi connectivity index (χ0v) is 13.5. The van der Waals surface area contributed by atoms with E-state index in [1.807, 2.05) is 0 Å². The standard InChI is InChI=1S/C15H14N2O3S2/c1-8(18)9-6-12(22-7-9)14(20)17-15-11(4-5-21-15)13(19)16-10-2-3-10/h4-7,10H,2-3H2,1H3,(H,16,19)(H,17,20). The third-order valence-corrected chi connectivity index (χ3v) is 5.04. The summed E-state index contributed by atoms with van der Waals surface area (Å²) in [6, 6.07) is 3.54. The number of carbonyl (C=O) groups excluding carboxylic acids is 3. The first-order valence-electron chi connectivity index (χ1n) is 6.84. The summed E-state index contributed by atoms with van der Waals surface area (Å²) in [5.74, 6) is -0.536. The van der Waals surface area contributed by atoms with E-state index in [1.54, 1.807) is 22.9 Å². The quantitative estimate of drug-likeness (QED) is 0.825. The second-order valence-electron chi connectivity index (χ2n) is 5.12. The molecule has 1 fully saturated rings. The number of rotatable bonds is 5. The number of anilines is 1. The van der Waals surface area contributed by atoms with Crippen molar-refractivity contribution in [2.45, 2.75) is 25.8 Å². The van der Waals surface area contributed by atoms with Crippen molar-refractivity contribution in [2.24, 2.45) is 0 Å². The van der Waals surface area contributed by atoms with E-state index in [2.05, 4.69) is 10.6 Å². The number of nitrogens with one attached hydrogen (secondary N) is 2. The Hall–Kier alpha value is -1.99. The lowest BCUT2D eigenvalue weighted by Crippen LogP contribution is -2.26. The molecule has 2 aromatic rings. The van der Waals surface area contributed by atoms with E-state index >= 15 is 0 Å². The highest BCUT2D eigenvalue weighted by atomic mass is 32.1. The molecule has 7 heteroatoms. The Kier molecular flexibility index (Phi) is 4.08. The molecule has 2 aromatic heterocycles. The SMILES string of the molecule is CC(=O)c1csc(C(=O)Nc2sccc2C(=O)NC2CC2)c1. The van der Waals surface area contributed by atoms with Gasteiger partial charge in [0.25, 0.3) is 11.8 Å². The first kappa shape index (κ1) is 14.9. The summed E-state index contributed by atoms with van der Waals surface area (Å²) < 4.78 is 0. The highest BCUT2D eigenvalue weighted by Crippen LogP contribution is 2.27. The van der Waals surface area contributed by atoms with Crippen molar-refractivity contribution >= 4 is 45.3 Å². The molecule has 0 aliphatic heterocycles. The fourth-order valence-corrected chi connectivity index (χ4v) is 3.50. The summed E-state index contributed by atoms with van der Waals surface area (Å²) >= 11 is 2.52. The molecular weight excluding hydrogens is 320 g/mol. The number of ketones is 1. The zero-order valence-electron chi connectivity index (χ0n) is 11.8. The molecular formula is C15H14N2O3S2. The van der Waals surface area contributed by atoms with Crippen LogP contribution in [0, 0.1) is 0 Å². The normalized spacial score (nSPS) is 13.7. The summed E-state index contributed by atoms with van der Waals surface area (Å²) in [5, 5.41) is 9.61. The lowest BCUT2D eigenvalue weighted by Gasteiger charge is -2.06. The number of carbonyl (C=O) groups is 3. The Morgan fingerprint density at radius 1 is 1.18 bits per heavy atom. The van der Waals surface area contributed by atoms with Crippen LogP contribution in [-0.2, 0) is 0 Å². The molecule has 1 aliphatic carbocycles. The molecule has 5 nitrogen and oxygen atoms in total. The molecule has 2 N–H and O–H groups in total. The van der Waals surface area contributed by atoms with Gasteiger partial charge in [0.1, 0.15) is 5.00 Å². The second kappa shape index (κ2) is 6.02. The largest absolute Gasteiger partial charge is 0.349 e. The van der Waals surface area contributed by atoms with Gasteiger partial charge in [0, 0.05) is 17.0 Å². The van der Waals surface area contributed by atoms with Gasteiger partial charge in [-0.1, -0.05) is 0 Å². The molecule has 3 rings (SSSR count). The molecule has 0 aromatic carbocycles. The third-order valence-electron chi connectivity index (χ3n) is 3.28. The summed E-state index contributed by atoms with van der Waals surface area (Å²) in [4.78, 5) is 36.0. The molecule has 2 heterocycles. The predicted octanol–water partition coefficient (Wildman–Crippen LogP) is 3.16. The van der Waals surface area contributed by atoms with Gasteiger partial charge in [-0.15, -0.1) is 22.7 Å². The summed E-state index contributed by atoms with van der Waals surface area (Å²) in [6.07, 6.45) is 2.03. The first-order chi connectivity index (χ1) is 10.5. The maximum atomic E-state index is 12.2. The number of hydrogen-bond acceptors (Lipinski definition) is 5. The molecule has 0 spiro atoms. The van der Waals surface area contributed by atoms with E-state index in [0.717, 1.165) is 12.8 Å². The highest BCUT2D eigenvalue weighted by molar-refractivity contribution is 7.15. The van der Waals surface area contributed by atoms with Gasteiger partial charge in [0.2, 0.25) is 0 Å². The Bertz CT molecular complexity index is 744. The number of amides is 2. The van der Waals surface area contributed by atoms with Gasteiger partial charge < -0.3 is 10.6 Å². The molecule has 0 radical (unpaired) electrons. The molecule has 1 aliphatic rings. The van der Waals surface area contributed by atoms with Crippen LogP contribution in [0.15, 0.2) is 22.9 Å².